The first-order valence-corrected chi connectivity index (χ1v) is 11.9. The lowest BCUT2D eigenvalue weighted by atomic mass is 9.99. The number of nitrogens with one attached hydrogen (secondary N) is 1. The summed E-state index contributed by atoms with van der Waals surface area (Å²) in [7, 11) is 0. The number of anilines is 2. The molecule has 0 amide bonds. The number of carbonyl (C=O) groups is 1. The Morgan fingerprint density at radius 1 is 1.48 bits per heavy atom. The molecule has 1 saturated heterocycles. The largest absolute Gasteiger partial charge is 0.619 e. The molecule has 4 heterocycles. The number of halogens is 1. The summed E-state index contributed by atoms with van der Waals surface area (Å²) >= 11 is 3.55. The Morgan fingerprint density at radius 3 is 3.12 bits per heavy atom. The summed E-state index contributed by atoms with van der Waals surface area (Å²) in [5.41, 5.74) is 7.15. The van der Waals surface area contributed by atoms with E-state index < -0.39 is 6.04 Å². The molecule has 0 unspecified atom stereocenters. The highest BCUT2D eigenvalue weighted by atomic mass is 79.9. The number of nitrogens with zero attached hydrogens (tertiary/aromatic N) is 5. The molecule has 1 aliphatic rings. The third-order valence-electron chi connectivity index (χ3n) is 5.71. The highest BCUT2D eigenvalue weighted by molar-refractivity contribution is 9.10. The normalized spacial score (nSPS) is 17.2. The Morgan fingerprint density at radius 2 is 2.33 bits per heavy atom. The summed E-state index contributed by atoms with van der Waals surface area (Å²) in [4.78, 5) is 18.9. The van der Waals surface area contributed by atoms with Crippen LogP contribution in [-0.2, 0) is 16.1 Å². The third kappa shape index (κ3) is 5.53. The summed E-state index contributed by atoms with van der Waals surface area (Å²) in [6.07, 6.45) is 8.61. The van der Waals surface area contributed by atoms with Crippen LogP contribution in [0.15, 0.2) is 41.3 Å². The predicted molar refractivity (Wildman–Crippen MR) is 128 cm³/mol. The monoisotopic (exact) mass is 517 g/mol. The van der Waals surface area contributed by atoms with Crippen LogP contribution in [0.1, 0.15) is 38.2 Å². The number of piperidine rings is 1. The number of aromatic nitrogens is 4. The smallest absolute Gasteiger partial charge is 0.322 e. The van der Waals surface area contributed by atoms with E-state index in [1.807, 2.05) is 12.1 Å². The molecule has 11 heteroatoms. The van der Waals surface area contributed by atoms with Gasteiger partial charge in [-0.3, -0.25) is 4.79 Å². The molecule has 0 aromatic carbocycles. The first kappa shape index (κ1) is 23.2. The maximum Gasteiger partial charge on any atom is 0.322 e. The van der Waals surface area contributed by atoms with Crippen LogP contribution in [0, 0.1) is 5.21 Å². The Hall–Kier alpha value is -2.92. The van der Waals surface area contributed by atoms with Gasteiger partial charge >= 0.3 is 5.97 Å². The molecule has 176 valence electrons. The van der Waals surface area contributed by atoms with Crippen molar-refractivity contribution in [2.45, 2.75) is 51.2 Å². The zero-order chi connectivity index (χ0) is 23.4. The van der Waals surface area contributed by atoms with Crippen LogP contribution >= 0.6 is 15.9 Å². The van der Waals surface area contributed by atoms with Crippen LogP contribution < -0.4 is 20.7 Å². The fourth-order valence-electron chi connectivity index (χ4n) is 4.02. The first-order valence-electron chi connectivity index (χ1n) is 11.1. The molecule has 0 radical (unpaired) electrons. The minimum absolute atomic E-state index is 0.206. The Bertz CT molecular complexity index is 1120. The van der Waals surface area contributed by atoms with Crippen molar-refractivity contribution in [2.24, 2.45) is 5.73 Å². The van der Waals surface area contributed by atoms with Crippen LogP contribution in [0.3, 0.4) is 0 Å². The van der Waals surface area contributed by atoms with E-state index in [1.54, 1.807) is 23.7 Å². The van der Waals surface area contributed by atoms with Gasteiger partial charge in [0.15, 0.2) is 18.0 Å². The number of rotatable bonds is 8. The number of fused-ring (bicyclic) bond motifs is 1. The number of nitrogens with two attached hydrogens (primary N) is 1. The fourth-order valence-corrected chi connectivity index (χ4v) is 4.37. The first-order chi connectivity index (χ1) is 15.9. The second kappa shape index (κ2) is 10.3. The Kier molecular flexibility index (Phi) is 7.29. The molecule has 0 aliphatic carbocycles. The molecule has 2 atom stereocenters. The molecule has 10 nitrogen and oxygen atoms in total. The summed E-state index contributed by atoms with van der Waals surface area (Å²) < 4.78 is 8.64. The number of esters is 1. The van der Waals surface area contributed by atoms with Gasteiger partial charge in [-0.2, -0.15) is 14.3 Å². The van der Waals surface area contributed by atoms with Crippen LogP contribution in [0.25, 0.3) is 5.65 Å². The van der Waals surface area contributed by atoms with E-state index in [1.165, 1.54) is 12.4 Å². The van der Waals surface area contributed by atoms with Crippen molar-refractivity contribution in [1.82, 2.24) is 14.6 Å². The van der Waals surface area contributed by atoms with Crippen LogP contribution in [0.5, 0.6) is 0 Å². The maximum absolute atomic E-state index is 11.7. The molecule has 0 spiro atoms. The lowest BCUT2D eigenvalue weighted by Crippen LogP contribution is -2.41. The van der Waals surface area contributed by atoms with E-state index in [0.717, 1.165) is 52.2 Å². The minimum atomic E-state index is -0.620. The molecule has 33 heavy (non-hydrogen) atoms. The van der Waals surface area contributed by atoms with Crippen LogP contribution in [0.2, 0.25) is 0 Å². The summed E-state index contributed by atoms with van der Waals surface area (Å²) in [6.45, 7) is 3.29. The van der Waals surface area contributed by atoms with Gasteiger partial charge in [0.25, 0.3) is 0 Å². The molecule has 1 fully saturated rings. The van der Waals surface area contributed by atoms with E-state index in [9.17, 15) is 10.0 Å². The van der Waals surface area contributed by atoms with E-state index in [2.05, 4.69) is 31.2 Å². The number of hydrogen-bond donors (Lipinski definition) is 2. The zero-order valence-corrected chi connectivity index (χ0v) is 20.1. The molecule has 1 aliphatic heterocycles. The van der Waals surface area contributed by atoms with Crippen molar-refractivity contribution in [3.05, 3.63) is 52.0 Å². The van der Waals surface area contributed by atoms with Crippen molar-refractivity contribution in [3.63, 3.8) is 0 Å². The molecule has 3 aromatic heterocycles. The van der Waals surface area contributed by atoms with Gasteiger partial charge in [-0.25, -0.2) is 4.98 Å². The van der Waals surface area contributed by atoms with Crippen molar-refractivity contribution in [2.75, 3.05) is 23.4 Å². The Labute approximate surface area is 200 Å². The lowest BCUT2D eigenvalue weighted by Gasteiger charge is -2.37. The maximum atomic E-state index is 11.7. The quantitative estimate of drug-likeness (QED) is 0.265. The van der Waals surface area contributed by atoms with Gasteiger partial charge in [-0.1, -0.05) is 0 Å². The van der Waals surface area contributed by atoms with Crippen LogP contribution in [-0.4, -0.2) is 45.8 Å². The average molecular weight is 518 g/mol. The summed E-state index contributed by atoms with van der Waals surface area (Å²) in [5, 5.41) is 19.4. The zero-order valence-electron chi connectivity index (χ0n) is 18.5. The SMILES string of the molecule is C[C@H](N)C(=O)OCC[C@@H]1CCCCN1c1cc(NCc2ccc[n+]([O-])c2)n2ncc(Br)c2n1. The van der Waals surface area contributed by atoms with Gasteiger partial charge in [0.2, 0.25) is 0 Å². The number of pyridine rings is 1. The molecule has 3 N–H and O–H groups in total. The molecular weight excluding hydrogens is 490 g/mol. The molecule has 4 rings (SSSR count). The van der Waals surface area contributed by atoms with E-state index in [0.29, 0.717) is 25.2 Å². The van der Waals surface area contributed by atoms with Crippen molar-refractivity contribution in [1.29, 1.82) is 0 Å². The molecule has 0 bridgehead atoms. The van der Waals surface area contributed by atoms with Crippen molar-refractivity contribution >= 4 is 39.2 Å². The minimum Gasteiger partial charge on any atom is -0.619 e. The van der Waals surface area contributed by atoms with E-state index >= 15 is 0 Å². The van der Waals surface area contributed by atoms with Gasteiger partial charge in [0.1, 0.15) is 17.7 Å². The molecular formula is C22H28BrN7O3. The topological polar surface area (TPSA) is 125 Å². The van der Waals surface area contributed by atoms with Gasteiger partial charge in [0, 0.05) is 43.2 Å². The second-order valence-electron chi connectivity index (χ2n) is 8.24. The van der Waals surface area contributed by atoms with Gasteiger partial charge in [-0.15, -0.1) is 0 Å². The van der Waals surface area contributed by atoms with Gasteiger partial charge < -0.3 is 25.9 Å². The van der Waals surface area contributed by atoms with Gasteiger partial charge in [0.05, 0.1) is 17.3 Å². The molecule has 3 aromatic rings. The molecule has 0 saturated carbocycles. The average Bonchev–Trinajstić information content (AvgIpc) is 3.18. The van der Waals surface area contributed by atoms with Gasteiger partial charge in [-0.05, 0) is 48.2 Å². The number of hydrogen-bond acceptors (Lipinski definition) is 8. The fraction of sp³-hybridized carbons (Fsp3) is 0.455. The van der Waals surface area contributed by atoms with Crippen molar-refractivity contribution in [3.8, 4) is 0 Å². The summed E-state index contributed by atoms with van der Waals surface area (Å²) in [6, 6.07) is 5.18. The Balaban J connectivity index is 1.56. The third-order valence-corrected chi connectivity index (χ3v) is 6.27. The standard InChI is InChI=1S/C22H28BrN7O3/c1-15(24)22(31)33-10-7-17-6-2-3-9-29(17)20-11-19(30-21(27-20)18(23)13-26-30)25-12-16-5-4-8-28(32)14-16/h4-5,8,11,13-15,17,25H,2-3,6-7,9-10,12,24H2,1H3/t15-,17-/m0/s1. The lowest BCUT2D eigenvalue weighted by molar-refractivity contribution is -0.605. The van der Waals surface area contributed by atoms with Crippen LogP contribution in [0.4, 0.5) is 11.6 Å². The van der Waals surface area contributed by atoms with E-state index in [-0.39, 0.29) is 12.0 Å². The van der Waals surface area contributed by atoms with E-state index in [4.69, 9.17) is 15.5 Å². The van der Waals surface area contributed by atoms with Crippen molar-refractivity contribution < 1.29 is 14.3 Å². The predicted octanol–water partition coefficient (Wildman–Crippen LogP) is 2.38. The summed E-state index contributed by atoms with van der Waals surface area (Å²) in [5.74, 6) is 1.22. The highest BCUT2D eigenvalue weighted by Gasteiger charge is 2.25. The second-order valence-corrected chi connectivity index (χ2v) is 9.10. The number of ether oxygens (including phenoxy) is 1. The highest BCUT2D eigenvalue weighted by Crippen LogP contribution is 2.30. The number of carbonyl (C=O) groups excluding carboxylic acids is 1.